The van der Waals surface area contributed by atoms with Crippen molar-refractivity contribution in [3.63, 3.8) is 0 Å². The largest absolute Gasteiger partial charge is 0.489 e. The second kappa shape index (κ2) is 9.39. The predicted molar refractivity (Wildman–Crippen MR) is 104 cm³/mol. The maximum atomic E-state index is 12.7. The topological polar surface area (TPSA) is 41.6 Å². The molecule has 4 nitrogen and oxygen atoms in total. The quantitative estimate of drug-likeness (QED) is 0.830. The van der Waals surface area contributed by atoms with Crippen molar-refractivity contribution >= 4 is 5.91 Å². The van der Waals surface area contributed by atoms with E-state index in [9.17, 15) is 4.79 Å². The van der Waals surface area contributed by atoms with E-state index in [4.69, 9.17) is 4.74 Å². The predicted octanol–water partition coefficient (Wildman–Crippen LogP) is 3.41. The van der Waals surface area contributed by atoms with Crippen LogP contribution in [0, 0.1) is 0 Å². The number of nitrogens with one attached hydrogen (secondary N) is 1. The van der Waals surface area contributed by atoms with Crippen molar-refractivity contribution in [3.8, 4) is 5.75 Å². The number of rotatable bonds is 7. The molecule has 0 aliphatic carbocycles. The second-order valence-electron chi connectivity index (χ2n) is 6.85. The molecule has 2 aromatic rings. The van der Waals surface area contributed by atoms with Crippen molar-refractivity contribution in [2.45, 2.75) is 38.3 Å². The third-order valence-corrected chi connectivity index (χ3v) is 4.93. The van der Waals surface area contributed by atoms with Gasteiger partial charge >= 0.3 is 0 Å². The van der Waals surface area contributed by atoms with Crippen LogP contribution in [0.1, 0.15) is 30.4 Å². The van der Waals surface area contributed by atoms with Gasteiger partial charge in [0.2, 0.25) is 5.91 Å². The Morgan fingerprint density at radius 2 is 1.69 bits per heavy atom. The summed E-state index contributed by atoms with van der Waals surface area (Å²) >= 11 is 0. The number of nitrogens with zero attached hydrogens (tertiary/aromatic N) is 1. The van der Waals surface area contributed by atoms with Gasteiger partial charge in [-0.25, -0.2) is 0 Å². The summed E-state index contributed by atoms with van der Waals surface area (Å²) in [6, 6.07) is 18.0. The van der Waals surface area contributed by atoms with Gasteiger partial charge in [0.05, 0.1) is 6.04 Å². The Labute approximate surface area is 156 Å². The molecule has 1 N–H and O–H groups in total. The second-order valence-corrected chi connectivity index (χ2v) is 6.85. The van der Waals surface area contributed by atoms with Gasteiger partial charge in [-0.1, -0.05) is 42.5 Å². The van der Waals surface area contributed by atoms with Gasteiger partial charge in [-0.3, -0.25) is 4.79 Å². The number of likely N-dealkylation sites (N-methyl/N-ethyl adjacent to an activating group) is 1. The molecule has 2 aromatic carbocycles. The molecule has 0 radical (unpaired) electrons. The number of hydrogen-bond acceptors (Lipinski definition) is 3. The van der Waals surface area contributed by atoms with Crippen LogP contribution >= 0.6 is 0 Å². The van der Waals surface area contributed by atoms with Crippen molar-refractivity contribution in [1.29, 1.82) is 0 Å². The standard InChI is InChI=1S/C22H28N2O2/c1-23-21(22(25)24-14-6-3-7-15-24)16-18-10-12-20(13-11-18)26-17-19-8-4-2-5-9-19/h2,4-5,8-13,21,23H,3,6-7,14-17H2,1H3/t21-/m0/s1. The third-order valence-electron chi connectivity index (χ3n) is 4.93. The molecule has 0 saturated carbocycles. The van der Waals surface area contributed by atoms with E-state index in [-0.39, 0.29) is 11.9 Å². The summed E-state index contributed by atoms with van der Waals surface area (Å²) in [4.78, 5) is 14.7. The van der Waals surface area contributed by atoms with Gasteiger partial charge in [0.25, 0.3) is 0 Å². The zero-order valence-electron chi connectivity index (χ0n) is 15.5. The van der Waals surface area contributed by atoms with E-state index in [1.165, 1.54) is 6.42 Å². The molecule has 1 fully saturated rings. The van der Waals surface area contributed by atoms with E-state index in [2.05, 4.69) is 17.4 Å². The van der Waals surface area contributed by atoms with Crippen LogP contribution in [-0.4, -0.2) is 37.0 Å². The highest BCUT2D eigenvalue weighted by molar-refractivity contribution is 5.82. The summed E-state index contributed by atoms with van der Waals surface area (Å²) in [6.45, 7) is 2.35. The first-order valence-corrected chi connectivity index (χ1v) is 9.48. The van der Waals surface area contributed by atoms with Gasteiger partial charge < -0.3 is 15.0 Å². The number of benzene rings is 2. The first-order chi connectivity index (χ1) is 12.8. The molecule has 4 heteroatoms. The molecule has 138 valence electrons. The molecule has 26 heavy (non-hydrogen) atoms. The van der Waals surface area contributed by atoms with Crippen LogP contribution in [0.3, 0.4) is 0 Å². The lowest BCUT2D eigenvalue weighted by Gasteiger charge is -2.30. The maximum absolute atomic E-state index is 12.7. The van der Waals surface area contributed by atoms with Crippen LogP contribution in [0.25, 0.3) is 0 Å². The number of ether oxygens (including phenoxy) is 1. The van der Waals surface area contributed by atoms with Crippen LogP contribution in [0.4, 0.5) is 0 Å². The molecule has 1 heterocycles. The lowest BCUT2D eigenvalue weighted by molar-refractivity contribution is -0.134. The number of amides is 1. The molecule has 0 unspecified atom stereocenters. The van der Waals surface area contributed by atoms with Crippen molar-refractivity contribution in [1.82, 2.24) is 10.2 Å². The Morgan fingerprint density at radius 1 is 1.00 bits per heavy atom. The summed E-state index contributed by atoms with van der Waals surface area (Å²) in [5, 5.41) is 3.19. The zero-order chi connectivity index (χ0) is 18.2. The number of piperidine rings is 1. The lowest BCUT2D eigenvalue weighted by atomic mass is 10.0. The summed E-state index contributed by atoms with van der Waals surface area (Å²) in [6.07, 6.45) is 4.18. The molecule has 1 atom stereocenters. The highest BCUT2D eigenvalue weighted by atomic mass is 16.5. The summed E-state index contributed by atoms with van der Waals surface area (Å²) in [5.74, 6) is 1.07. The highest BCUT2D eigenvalue weighted by Gasteiger charge is 2.24. The third kappa shape index (κ3) is 5.09. The van der Waals surface area contributed by atoms with Gasteiger partial charge in [0.15, 0.2) is 0 Å². The van der Waals surface area contributed by atoms with Crippen molar-refractivity contribution in [2.75, 3.05) is 20.1 Å². The van der Waals surface area contributed by atoms with Crippen molar-refractivity contribution < 1.29 is 9.53 Å². The molecular weight excluding hydrogens is 324 g/mol. The molecule has 0 bridgehead atoms. The highest BCUT2D eigenvalue weighted by Crippen LogP contribution is 2.17. The van der Waals surface area contributed by atoms with Crippen LogP contribution in [0.2, 0.25) is 0 Å². The average molecular weight is 352 g/mol. The Bertz CT molecular complexity index is 679. The average Bonchev–Trinajstić information content (AvgIpc) is 2.72. The molecule has 0 aromatic heterocycles. The molecule has 0 spiro atoms. The van der Waals surface area contributed by atoms with E-state index in [1.807, 2.05) is 54.4 Å². The molecule has 3 rings (SSSR count). The summed E-state index contributed by atoms with van der Waals surface area (Å²) < 4.78 is 5.83. The van der Waals surface area contributed by atoms with E-state index in [0.29, 0.717) is 13.0 Å². The van der Waals surface area contributed by atoms with E-state index < -0.39 is 0 Å². The SMILES string of the molecule is CN[C@@H](Cc1ccc(OCc2ccccc2)cc1)C(=O)N1CCCCC1. The van der Waals surface area contributed by atoms with Crippen LogP contribution in [0.15, 0.2) is 54.6 Å². The van der Waals surface area contributed by atoms with Crippen LogP contribution < -0.4 is 10.1 Å². The minimum Gasteiger partial charge on any atom is -0.489 e. The maximum Gasteiger partial charge on any atom is 0.240 e. The molecule has 1 saturated heterocycles. The summed E-state index contributed by atoms with van der Waals surface area (Å²) in [5.41, 5.74) is 2.29. The summed E-state index contributed by atoms with van der Waals surface area (Å²) in [7, 11) is 1.86. The fourth-order valence-electron chi connectivity index (χ4n) is 3.35. The Hall–Kier alpha value is -2.33. The molecular formula is C22H28N2O2. The molecule has 1 amide bonds. The monoisotopic (exact) mass is 352 g/mol. The first kappa shape index (κ1) is 18.5. The van der Waals surface area contributed by atoms with Crippen molar-refractivity contribution in [3.05, 3.63) is 65.7 Å². The van der Waals surface area contributed by atoms with Crippen LogP contribution in [0.5, 0.6) is 5.75 Å². The normalized spacial score (nSPS) is 15.5. The van der Waals surface area contributed by atoms with Crippen LogP contribution in [-0.2, 0) is 17.8 Å². The van der Waals surface area contributed by atoms with Gasteiger partial charge in [0.1, 0.15) is 12.4 Å². The Balaban J connectivity index is 1.54. The van der Waals surface area contributed by atoms with E-state index in [0.717, 1.165) is 42.8 Å². The number of likely N-dealkylation sites (tertiary alicyclic amines) is 1. The van der Waals surface area contributed by atoms with E-state index in [1.54, 1.807) is 0 Å². The van der Waals surface area contributed by atoms with Gasteiger partial charge in [-0.05, 0) is 56.0 Å². The molecule has 1 aliphatic rings. The fraction of sp³-hybridized carbons (Fsp3) is 0.409. The Morgan fingerprint density at radius 3 is 2.35 bits per heavy atom. The van der Waals surface area contributed by atoms with Crippen molar-refractivity contribution in [2.24, 2.45) is 0 Å². The van der Waals surface area contributed by atoms with Gasteiger partial charge in [-0.2, -0.15) is 0 Å². The zero-order valence-corrected chi connectivity index (χ0v) is 15.5. The fourth-order valence-corrected chi connectivity index (χ4v) is 3.35. The number of carbonyl (C=O) groups is 1. The Kier molecular flexibility index (Phi) is 6.67. The lowest BCUT2D eigenvalue weighted by Crippen LogP contribution is -2.48. The minimum absolute atomic E-state index is 0.163. The first-order valence-electron chi connectivity index (χ1n) is 9.48. The minimum atomic E-state index is -0.163. The number of hydrogen-bond donors (Lipinski definition) is 1. The smallest absolute Gasteiger partial charge is 0.240 e. The number of carbonyl (C=O) groups excluding carboxylic acids is 1. The molecule has 1 aliphatic heterocycles. The van der Waals surface area contributed by atoms with E-state index >= 15 is 0 Å². The van der Waals surface area contributed by atoms with Gasteiger partial charge in [-0.15, -0.1) is 0 Å². The van der Waals surface area contributed by atoms with Gasteiger partial charge in [0, 0.05) is 13.1 Å².